The van der Waals surface area contributed by atoms with Crippen LogP contribution < -0.4 is 0 Å². The van der Waals surface area contributed by atoms with Gasteiger partial charge in [-0.15, -0.1) is 0 Å². The van der Waals surface area contributed by atoms with Gasteiger partial charge in [0.25, 0.3) is 0 Å². The summed E-state index contributed by atoms with van der Waals surface area (Å²) in [6.07, 6.45) is 7.93. The van der Waals surface area contributed by atoms with E-state index in [2.05, 4.69) is 5.06 Å². The van der Waals surface area contributed by atoms with E-state index in [-0.39, 0.29) is 17.6 Å². The fourth-order valence-corrected chi connectivity index (χ4v) is 4.02. The summed E-state index contributed by atoms with van der Waals surface area (Å²) in [6.45, 7) is 0.859. The minimum absolute atomic E-state index is 0.116. The van der Waals surface area contributed by atoms with E-state index in [0.29, 0.717) is 12.3 Å². The summed E-state index contributed by atoms with van der Waals surface area (Å²) < 4.78 is 4.77. The van der Waals surface area contributed by atoms with E-state index in [9.17, 15) is 4.79 Å². The first-order valence-electron chi connectivity index (χ1n) is 6.75. The average Bonchev–Trinajstić information content (AvgIpc) is 2.86. The maximum Gasteiger partial charge on any atom is 0.307 e. The highest BCUT2D eigenvalue weighted by Crippen LogP contribution is 2.52. The lowest BCUT2D eigenvalue weighted by Crippen LogP contribution is -2.47. The summed E-state index contributed by atoms with van der Waals surface area (Å²) in [4.78, 5) is 17.3. The monoisotopic (exact) mass is 239 g/mol. The molecule has 2 saturated heterocycles. The maximum atomic E-state index is 11.4. The molecule has 0 amide bonds. The van der Waals surface area contributed by atoms with Gasteiger partial charge >= 0.3 is 5.97 Å². The summed E-state index contributed by atoms with van der Waals surface area (Å²) in [5, 5.41) is 2.17. The molecule has 0 unspecified atom stereocenters. The van der Waals surface area contributed by atoms with E-state index >= 15 is 0 Å². The summed E-state index contributed by atoms with van der Waals surface area (Å²) in [6, 6.07) is 0.241. The van der Waals surface area contributed by atoms with Crippen LogP contribution in [0.15, 0.2) is 0 Å². The molecule has 1 spiro atoms. The number of esters is 1. The van der Waals surface area contributed by atoms with Crippen molar-refractivity contribution in [2.75, 3.05) is 13.7 Å². The van der Waals surface area contributed by atoms with Crippen LogP contribution in [0, 0.1) is 5.92 Å². The number of carbonyl (C=O) groups is 1. The van der Waals surface area contributed by atoms with E-state index in [0.717, 1.165) is 13.0 Å². The molecule has 0 aromatic rings. The van der Waals surface area contributed by atoms with Crippen LogP contribution in [0.25, 0.3) is 0 Å². The van der Waals surface area contributed by atoms with Gasteiger partial charge in [-0.1, -0.05) is 12.8 Å². The molecule has 0 N–H and O–H groups in total. The first-order valence-corrected chi connectivity index (χ1v) is 6.75. The van der Waals surface area contributed by atoms with E-state index < -0.39 is 0 Å². The summed E-state index contributed by atoms with van der Waals surface area (Å²) in [5.41, 5.74) is 0.261. The third-order valence-corrected chi connectivity index (χ3v) is 4.90. The third kappa shape index (κ3) is 1.69. The lowest BCUT2D eigenvalue weighted by atomic mass is 9.73. The van der Waals surface area contributed by atoms with Gasteiger partial charge in [-0.3, -0.25) is 9.63 Å². The first-order chi connectivity index (χ1) is 8.26. The molecule has 1 saturated carbocycles. The van der Waals surface area contributed by atoms with Crippen molar-refractivity contribution in [1.29, 1.82) is 0 Å². The van der Waals surface area contributed by atoms with Crippen LogP contribution in [0.3, 0.4) is 0 Å². The molecule has 0 bridgehead atoms. The van der Waals surface area contributed by atoms with Gasteiger partial charge in [0.05, 0.1) is 25.7 Å². The third-order valence-electron chi connectivity index (χ3n) is 4.90. The highest BCUT2D eigenvalue weighted by molar-refractivity contribution is 5.70. The lowest BCUT2D eigenvalue weighted by Gasteiger charge is -2.39. The molecule has 0 aromatic carbocycles. The zero-order valence-electron chi connectivity index (χ0n) is 10.5. The molecule has 4 nitrogen and oxygen atoms in total. The van der Waals surface area contributed by atoms with Crippen molar-refractivity contribution in [3.8, 4) is 0 Å². The Balaban J connectivity index is 1.74. The fourth-order valence-electron chi connectivity index (χ4n) is 4.02. The molecule has 3 atom stereocenters. The van der Waals surface area contributed by atoms with Crippen molar-refractivity contribution in [3.05, 3.63) is 0 Å². The second kappa shape index (κ2) is 4.25. The highest BCUT2D eigenvalue weighted by Gasteiger charge is 2.57. The molecule has 96 valence electrons. The molecule has 3 aliphatic rings. The Morgan fingerprint density at radius 1 is 1.41 bits per heavy atom. The smallest absolute Gasteiger partial charge is 0.307 e. The minimum atomic E-state index is -0.116. The summed E-state index contributed by atoms with van der Waals surface area (Å²) in [5.74, 6) is 0.578. The molecule has 4 heteroatoms. The number of rotatable bonds is 2. The molecule has 17 heavy (non-hydrogen) atoms. The summed E-state index contributed by atoms with van der Waals surface area (Å²) >= 11 is 0. The van der Waals surface area contributed by atoms with Gasteiger partial charge < -0.3 is 4.74 Å². The predicted octanol–water partition coefficient (Wildman–Crippen LogP) is 1.89. The second-order valence-electron chi connectivity index (χ2n) is 5.64. The maximum absolute atomic E-state index is 11.4. The Bertz CT molecular complexity index is 320. The van der Waals surface area contributed by atoms with Crippen LogP contribution in [0.1, 0.15) is 44.9 Å². The van der Waals surface area contributed by atoms with E-state index in [1.165, 1.54) is 39.2 Å². The van der Waals surface area contributed by atoms with Crippen molar-refractivity contribution >= 4 is 5.97 Å². The van der Waals surface area contributed by atoms with Crippen LogP contribution in [-0.2, 0) is 14.4 Å². The van der Waals surface area contributed by atoms with Gasteiger partial charge in [-0.2, -0.15) is 5.06 Å². The largest absolute Gasteiger partial charge is 0.469 e. The molecule has 3 fully saturated rings. The van der Waals surface area contributed by atoms with Gasteiger partial charge in [-0.25, -0.2) is 0 Å². The molecular formula is C13H21NO3. The summed E-state index contributed by atoms with van der Waals surface area (Å²) in [7, 11) is 1.46. The van der Waals surface area contributed by atoms with Crippen LogP contribution >= 0.6 is 0 Å². The number of nitrogens with zero attached hydrogens (tertiary/aromatic N) is 1. The fraction of sp³-hybridized carbons (Fsp3) is 0.923. The Morgan fingerprint density at radius 2 is 2.29 bits per heavy atom. The van der Waals surface area contributed by atoms with Gasteiger partial charge in [0.1, 0.15) is 0 Å². The molecule has 0 aromatic heterocycles. The van der Waals surface area contributed by atoms with Crippen molar-refractivity contribution in [2.24, 2.45) is 5.92 Å². The zero-order valence-corrected chi connectivity index (χ0v) is 10.5. The van der Waals surface area contributed by atoms with Crippen LogP contribution in [0.5, 0.6) is 0 Å². The number of carbonyl (C=O) groups excluding carboxylic acids is 1. The predicted molar refractivity (Wildman–Crippen MR) is 62.1 cm³/mol. The SMILES string of the molecule is COC(=O)C[C@@H]1CC[C@@]23CCCC[C@@H]2CON13. The minimum Gasteiger partial charge on any atom is -0.469 e. The normalized spacial score (nSPS) is 41.0. The molecule has 2 aliphatic heterocycles. The lowest BCUT2D eigenvalue weighted by molar-refractivity contribution is -0.179. The molecular weight excluding hydrogens is 218 g/mol. The van der Waals surface area contributed by atoms with Gasteiger partial charge in [0.2, 0.25) is 0 Å². The van der Waals surface area contributed by atoms with Gasteiger partial charge in [0, 0.05) is 12.0 Å². The number of hydroxylamine groups is 2. The topological polar surface area (TPSA) is 38.8 Å². The first kappa shape index (κ1) is 11.5. The quantitative estimate of drug-likeness (QED) is 0.690. The molecule has 0 radical (unpaired) electrons. The van der Waals surface area contributed by atoms with Crippen molar-refractivity contribution < 1.29 is 14.4 Å². The Labute approximate surface area is 102 Å². The Morgan fingerprint density at radius 3 is 3.12 bits per heavy atom. The highest BCUT2D eigenvalue weighted by atomic mass is 16.7. The number of methoxy groups -OCH3 is 1. The molecule has 2 heterocycles. The Kier molecular flexibility index (Phi) is 2.87. The van der Waals surface area contributed by atoms with E-state index in [1.54, 1.807) is 0 Å². The van der Waals surface area contributed by atoms with Crippen LogP contribution in [-0.4, -0.2) is 36.3 Å². The standard InChI is InChI=1S/C13H21NO3/c1-16-12(15)8-11-5-7-13-6-3-2-4-10(13)9-17-14(11)13/h10-11H,2-9H2,1H3/t10-,11+,13+/m1/s1. The number of hydrogen-bond donors (Lipinski definition) is 0. The molecule has 1 aliphatic carbocycles. The van der Waals surface area contributed by atoms with Crippen molar-refractivity contribution in [3.63, 3.8) is 0 Å². The van der Waals surface area contributed by atoms with Crippen molar-refractivity contribution in [2.45, 2.75) is 56.5 Å². The van der Waals surface area contributed by atoms with Crippen molar-refractivity contribution in [1.82, 2.24) is 5.06 Å². The average molecular weight is 239 g/mol. The number of hydrogen-bond acceptors (Lipinski definition) is 4. The van der Waals surface area contributed by atoms with Gasteiger partial charge in [0.15, 0.2) is 0 Å². The van der Waals surface area contributed by atoms with Crippen LogP contribution in [0.2, 0.25) is 0 Å². The van der Waals surface area contributed by atoms with Crippen LogP contribution in [0.4, 0.5) is 0 Å². The van der Waals surface area contributed by atoms with E-state index in [1.807, 2.05) is 0 Å². The van der Waals surface area contributed by atoms with E-state index in [4.69, 9.17) is 9.57 Å². The Hall–Kier alpha value is -0.610. The second-order valence-corrected chi connectivity index (χ2v) is 5.64. The number of ether oxygens (including phenoxy) is 1. The van der Waals surface area contributed by atoms with Gasteiger partial charge in [-0.05, 0) is 25.7 Å². The molecule has 3 rings (SSSR count). The zero-order chi connectivity index (χ0) is 11.9.